The third-order valence-electron chi connectivity index (χ3n) is 3.22. The van der Waals surface area contributed by atoms with Gasteiger partial charge in [-0.3, -0.25) is 0 Å². The third kappa shape index (κ3) is 1.57. The Hall–Kier alpha value is -0.130. The molecule has 1 aliphatic heterocycles. The van der Waals surface area contributed by atoms with Crippen LogP contribution in [0, 0.1) is 5.41 Å². The van der Waals surface area contributed by atoms with Crippen molar-refractivity contribution >= 4 is 10.0 Å². The van der Waals surface area contributed by atoms with E-state index in [1.54, 1.807) is 4.31 Å². The summed E-state index contributed by atoms with van der Waals surface area (Å²) in [5.74, 6) is 0.256. The molecule has 1 N–H and O–H groups in total. The number of aliphatic hydroxyl groups is 1. The molecule has 2 rings (SSSR count). The lowest BCUT2D eigenvalue weighted by Crippen LogP contribution is -2.65. The number of sulfonamides is 1. The van der Waals surface area contributed by atoms with Crippen molar-refractivity contribution in [3.8, 4) is 0 Å². The Kier molecular flexibility index (Phi) is 2.36. The molecule has 0 atom stereocenters. The van der Waals surface area contributed by atoms with E-state index in [0.29, 0.717) is 19.5 Å². The molecular formula is C9H17NO3S. The largest absolute Gasteiger partial charge is 0.393 e. The second-order valence-electron chi connectivity index (χ2n) is 4.65. The van der Waals surface area contributed by atoms with Crippen molar-refractivity contribution in [3.05, 3.63) is 0 Å². The van der Waals surface area contributed by atoms with Crippen LogP contribution in [0.1, 0.15) is 26.2 Å². The second kappa shape index (κ2) is 3.18. The highest BCUT2D eigenvalue weighted by Crippen LogP contribution is 2.49. The zero-order valence-electron chi connectivity index (χ0n) is 8.44. The number of hydrogen-bond acceptors (Lipinski definition) is 3. The van der Waals surface area contributed by atoms with Crippen LogP contribution in [-0.2, 0) is 10.0 Å². The quantitative estimate of drug-likeness (QED) is 0.737. The van der Waals surface area contributed by atoms with Crippen LogP contribution < -0.4 is 0 Å². The lowest BCUT2D eigenvalue weighted by Gasteiger charge is -2.56. The molecule has 1 spiro atoms. The average Bonchev–Trinajstić information content (AvgIpc) is 1.93. The first-order valence-corrected chi connectivity index (χ1v) is 6.74. The third-order valence-corrected chi connectivity index (χ3v) is 5.19. The monoisotopic (exact) mass is 219 g/mol. The molecule has 1 saturated carbocycles. The zero-order chi connectivity index (χ0) is 10.4. The minimum absolute atomic E-state index is 0.139. The van der Waals surface area contributed by atoms with Crippen molar-refractivity contribution in [2.75, 3.05) is 18.8 Å². The average molecular weight is 219 g/mol. The highest BCUT2D eigenvalue weighted by Gasteiger charge is 2.54. The van der Waals surface area contributed by atoms with Gasteiger partial charge in [0.25, 0.3) is 0 Å². The fourth-order valence-corrected chi connectivity index (χ4v) is 4.20. The summed E-state index contributed by atoms with van der Waals surface area (Å²) < 4.78 is 24.7. The van der Waals surface area contributed by atoms with E-state index in [4.69, 9.17) is 0 Å². The molecule has 0 aromatic heterocycles. The first kappa shape index (κ1) is 10.4. The lowest BCUT2D eigenvalue weighted by molar-refractivity contribution is -0.0982. The van der Waals surface area contributed by atoms with Gasteiger partial charge in [0, 0.05) is 18.5 Å². The van der Waals surface area contributed by atoms with Gasteiger partial charge in [-0.25, -0.2) is 12.7 Å². The van der Waals surface area contributed by atoms with Gasteiger partial charge in [-0.05, 0) is 19.3 Å². The summed E-state index contributed by atoms with van der Waals surface area (Å²) in [7, 11) is -2.99. The van der Waals surface area contributed by atoms with E-state index in [2.05, 4.69) is 0 Å². The SMILES string of the molecule is CCCS(=O)(=O)N1CC2(CC(O)C2)C1. The second-order valence-corrected chi connectivity index (χ2v) is 6.73. The fraction of sp³-hybridized carbons (Fsp3) is 1.00. The van der Waals surface area contributed by atoms with Gasteiger partial charge in [-0.15, -0.1) is 0 Å². The maximum atomic E-state index is 11.6. The molecular weight excluding hydrogens is 202 g/mol. The van der Waals surface area contributed by atoms with E-state index in [-0.39, 0.29) is 17.3 Å². The summed E-state index contributed by atoms with van der Waals surface area (Å²) in [5, 5.41) is 9.17. The molecule has 0 amide bonds. The van der Waals surface area contributed by atoms with Crippen LogP contribution in [0.25, 0.3) is 0 Å². The van der Waals surface area contributed by atoms with E-state index in [1.807, 2.05) is 6.92 Å². The van der Waals surface area contributed by atoms with Crippen molar-refractivity contribution in [1.29, 1.82) is 0 Å². The van der Waals surface area contributed by atoms with E-state index >= 15 is 0 Å². The van der Waals surface area contributed by atoms with E-state index in [1.165, 1.54) is 0 Å². The standard InChI is InChI=1S/C9H17NO3S/c1-2-3-14(12,13)10-6-9(7-10)4-8(11)5-9/h8,11H,2-7H2,1H3. The Morgan fingerprint density at radius 1 is 1.43 bits per heavy atom. The summed E-state index contributed by atoms with van der Waals surface area (Å²) in [4.78, 5) is 0. The molecule has 1 heterocycles. The molecule has 0 aromatic carbocycles. The number of nitrogens with zero attached hydrogens (tertiary/aromatic N) is 1. The molecule has 0 radical (unpaired) electrons. The van der Waals surface area contributed by atoms with Gasteiger partial charge < -0.3 is 5.11 Å². The molecule has 1 saturated heterocycles. The molecule has 2 aliphatic rings. The highest BCUT2D eigenvalue weighted by atomic mass is 32.2. The van der Waals surface area contributed by atoms with E-state index in [9.17, 15) is 13.5 Å². The Morgan fingerprint density at radius 3 is 2.43 bits per heavy atom. The van der Waals surface area contributed by atoms with Gasteiger partial charge in [-0.2, -0.15) is 0 Å². The lowest BCUT2D eigenvalue weighted by atomic mass is 9.63. The molecule has 0 unspecified atom stereocenters. The number of hydrogen-bond donors (Lipinski definition) is 1. The van der Waals surface area contributed by atoms with Crippen molar-refractivity contribution in [2.45, 2.75) is 32.3 Å². The fourth-order valence-electron chi connectivity index (χ4n) is 2.48. The van der Waals surface area contributed by atoms with Gasteiger partial charge in [0.05, 0.1) is 11.9 Å². The van der Waals surface area contributed by atoms with Crippen LogP contribution in [-0.4, -0.2) is 42.8 Å². The molecule has 1 aliphatic carbocycles. The van der Waals surface area contributed by atoms with Crippen LogP contribution >= 0.6 is 0 Å². The predicted octanol–water partition coefficient (Wildman–Crippen LogP) is 0.183. The Bertz CT molecular complexity index is 311. The van der Waals surface area contributed by atoms with Crippen molar-refractivity contribution in [1.82, 2.24) is 4.31 Å². The van der Waals surface area contributed by atoms with Crippen molar-refractivity contribution < 1.29 is 13.5 Å². The first-order valence-electron chi connectivity index (χ1n) is 5.13. The van der Waals surface area contributed by atoms with E-state index < -0.39 is 10.0 Å². The minimum atomic E-state index is -2.99. The highest BCUT2D eigenvalue weighted by molar-refractivity contribution is 7.89. The number of rotatable bonds is 3. The summed E-state index contributed by atoms with van der Waals surface area (Å²) in [5.41, 5.74) is 0.139. The predicted molar refractivity (Wildman–Crippen MR) is 53.3 cm³/mol. The summed E-state index contributed by atoms with van der Waals surface area (Å²) in [6.07, 6.45) is 2.05. The van der Waals surface area contributed by atoms with Crippen LogP contribution in [0.3, 0.4) is 0 Å². The molecule has 82 valence electrons. The summed E-state index contributed by atoms with van der Waals surface area (Å²) >= 11 is 0. The van der Waals surface area contributed by atoms with Gasteiger partial charge >= 0.3 is 0 Å². The molecule has 14 heavy (non-hydrogen) atoms. The Morgan fingerprint density at radius 2 is 2.00 bits per heavy atom. The van der Waals surface area contributed by atoms with Gasteiger partial charge in [-0.1, -0.05) is 6.92 Å². The van der Waals surface area contributed by atoms with Crippen LogP contribution in [0.5, 0.6) is 0 Å². The molecule has 4 nitrogen and oxygen atoms in total. The van der Waals surface area contributed by atoms with Crippen LogP contribution in [0.4, 0.5) is 0 Å². The maximum Gasteiger partial charge on any atom is 0.214 e. The topological polar surface area (TPSA) is 57.6 Å². The van der Waals surface area contributed by atoms with Crippen molar-refractivity contribution in [2.24, 2.45) is 5.41 Å². The number of aliphatic hydroxyl groups excluding tert-OH is 1. The molecule has 0 bridgehead atoms. The smallest absolute Gasteiger partial charge is 0.214 e. The summed E-state index contributed by atoms with van der Waals surface area (Å²) in [6, 6.07) is 0. The molecule has 5 heteroatoms. The van der Waals surface area contributed by atoms with Crippen molar-refractivity contribution in [3.63, 3.8) is 0 Å². The Labute approximate surface area is 85.0 Å². The van der Waals surface area contributed by atoms with Gasteiger partial charge in [0.1, 0.15) is 0 Å². The first-order chi connectivity index (χ1) is 6.47. The van der Waals surface area contributed by atoms with Crippen LogP contribution in [0.15, 0.2) is 0 Å². The van der Waals surface area contributed by atoms with Gasteiger partial charge in [0.15, 0.2) is 0 Å². The van der Waals surface area contributed by atoms with E-state index in [0.717, 1.165) is 12.8 Å². The minimum Gasteiger partial charge on any atom is -0.393 e. The maximum absolute atomic E-state index is 11.6. The van der Waals surface area contributed by atoms with Crippen LogP contribution in [0.2, 0.25) is 0 Å². The Balaban J connectivity index is 1.88. The van der Waals surface area contributed by atoms with Gasteiger partial charge in [0.2, 0.25) is 10.0 Å². The zero-order valence-corrected chi connectivity index (χ0v) is 9.26. The molecule has 2 fully saturated rings. The normalized spacial score (nSPS) is 27.3. The molecule has 0 aromatic rings. The summed E-state index contributed by atoms with van der Waals surface area (Å²) in [6.45, 7) is 3.14.